The maximum Gasteiger partial charge on any atom is 0.453 e. The molecule has 2 aliphatic heterocycles. The van der Waals surface area contributed by atoms with Crippen molar-refractivity contribution < 1.29 is 36.5 Å². The molecule has 0 saturated carbocycles. The van der Waals surface area contributed by atoms with E-state index in [4.69, 9.17) is 23.4 Å². The van der Waals surface area contributed by atoms with Crippen LogP contribution in [0.2, 0.25) is 0 Å². The number of alkyl halides is 3. The third kappa shape index (κ3) is 5.53. The number of ether oxygens (including phenoxy) is 4. The molecule has 3 heterocycles. The summed E-state index contributed by atoms with van der Waals surface area (Å²) in [5.41, 5.74) is -0.653. The van der Waals surface area contributed by atoms with Gasteiger partial charge in [0.05, 0.1) is 31.3 Å². The lowest BCUT2D eigenvalue weighted by molar-refractivity contribution is -0.154. The minimum atomic E-state index is -4.96. The quantitative estimate of drug-likeness (QED) is 0.452. The van der Waals surface area contributed by atoms with Crippen molar-refractivity contribution >= 4 is 11.0 Å². The summed E-state index contributed by atoms with van der Waals surface area (Å²) in [6, 6.07) is 8.97. The topological polar surface area (TPSA) is 73.6 Å². The predicted molar refractivity (Wildman–Crippen MR) is 128 cm³/mol. The summed E-state index contributed by atoms with van der Waals surface area (Å²) in [6.07, 6.45) is -4.10. The molecule has 0 N–H and O–H groups in total. The Hall–Kier alpha value is -3.28. The zero-order chi connectivity index (χ0) is 26.0. The number of fused-ring (bicyclic) bond motifs is 3. The first-order valence-electron chi connectivity index (χ1n) is 12.0. The van der Waals surface area contributed by atoms with Gasteiger partial charge in [-0.25, -0.2) is 0 Å². The van der Waals surface area contributed by atoms with Gasteiger partial charge in [0, 0.05) is 32.2 Å². The van der Waals surface area contributed by atoms with Gasteiger partial charge in [-0.2, -0.15) is 13.2 Å². The molecule has 8 nitrogen and oxygen atoms in total. The van der Waals surface area contributed by atoms with Gasteiger partial charge in [0.1, 0.15) is 29.6 Å². The normalized spacial score (nSPS) is 16.9. The standard InChI is InChI=1S/C26H27F3N2O6/c1-33-17-4-2-5-18(14-17)36-24-22(32)19-6-7-21-20(23(19)37-25(24)26(27,28)29)15-31(16-35-21)9-3-8-30-10-12-34-13-11-30/h2,4-7,14H,3,8-13,15-16H2,1H3. The van der Waals surface area contributed by atoms with Gasteiger partial charge in [0.15, 0.2) is 0 Å². The molecular weight excluding hydrogens is 493 g/mol. The average Bonchev–Trinajstić information content (AvgIpc) is 2.90. The first kappa shape index (κ1) is 25.4. The highest BCUT2D eigenvalue weighted by Crippen LogP contribution is 2.41. The molecule has 2 aromatic carbocycles. The van der Waals surface area contributed by atoms with Crippen LogP contribution >= 0.6 is 0 Å². The van der Waals surface area contributed by atoms with Gasteiger partial charge in [-0.05, 0) is 37.2 Å². The molecule has 0 aliphatic carbocycles. The molecule has 1 saturated heterocycles. The van der Waals surface area contributed by atoms with Gasteiger partial charge in [0.2, 0.25) is 11.2 Å². The third-order valence-corrected chi connectivity index (χ3v) is 6.43. The summed E-state index contributed by atoms with van der Waals surface area (Å²) in [5.74, 6) is -1.63. The van der Waals surface area contributed by atoms with Crippen LogP contribution in [0, 0.1) is 0 Å². The van der Waals surface area contributed by atoms with E-state index in [0.29, 0.717) is 36.9 Å². The highest BCUT2D eigenvalue weighted by molar-refractivity contribution is 5.83. The van der Waals surface area contributed by atoms with Crippen LogP contribution in [-0.4, -0.2) is 63.0 Å². The molecule has 37 heavy (non-hydrogen) atoms. The SMILES string of the molecule is COc1cccc(Oc2c(C(F)(F)F)oc3c4c(ccc3c2=O)OCN(CCCN2CCOCC2)C4)c1. The summed E-state index contributed by atoms with van der Waals surface area (Å²) in [7, 11) is 1.42. The molecule has 1 fully saturated rings. The number of methoxy groups -OCH3 is 1. The Bertz CT molecular complexity index is 1320. The summed E-state index contributed by atoms with van der Waals surface area (Å²) in [6.45, 7) is 5.37. The molecule has 0 spiro atoms. The smallest absolute Gasteiger partial charge is 0.453 e. The fourth-order valence-electron chi connectivity index (χ4n) is 4.54. The van der Waals surface area contributed by atoms with Crippen LogP contribution < -0.4 is 19.6 Å². The van der Waals surface area contributed by atoms with Crippen molar-refractivity contribution in [3.8, 4) is 23.0 Å². The fourth-order valence-corrected chi connectivity index (χ4v) is 4.54. The van der Waals surface area contributed by atoms with Crippen LogP contribution in [0.3, 0.4) is 0 Å². The number of benzene rings is 2. The lowest BCUT2D eigenvalue weighted by atomic mass is 10.1. The molecule has 3 aromatic rings. The van der Waals surface area contributed by atoms with Crippen molar-refractivity contribution in [1.29, 1.82) is 0 Å². The van der Waals surface area contributed by atoms with Gasteiger partial charge in [-0.1, -0.05) is 6.07 Å². The molecule has 11 heteroatoms. The maximum atomic E-state index is 14.1. The van der Waals surface area contributed by atoms with Crippen LogP contribution in [0.5, 0.6) is 23.0 Å². The zero-order valence-corrected chi connectivity index (χ0v) is 20.3. The van der Waals surface area contributed by atoms with E-state index in [9.17, 15) is 18.0 Å². The van der Waals surface area contributed by atoms with E-state index in [1.54, 1.807) is 18.2 Å². The number of rotatable bonds is 7. The second kappa shape index (κ2) is 10.6. The van der Waals surface area contributed by atoms with Gasteiger partial charge in [-0.15, -0.1) is 0 Å². The van der Waals surface area contributed by atoms with Crippen LogP contribution in [0.4, 0.5) is 13.2 Å². The van der Waals surface area contributed by atoms with Crippen LogP contribution in [-0.2, 0) is 17.5 Å². The van der Waals surface area contributed by atoms with E-state index < -0.39 is 23.1 Å². The van der Waals surface area contributed by atoms with Crippen molar-refractivity contribution in [3.05, 3.63) is 57.9 Å². The average molecular weight is 521 g/mol. The molecule has 0 amide bonds. The number of nitrogens with zero attached hydrogens (tertiary/aromatic N) is 2. The maximum absolute atomic E-state index is 14.1. The van der Waals surface area contributed by atoms with Crippen molar-refractivity contribution in [1.82, 2.24) is 9.80 Å². The molecule has 5 rings (SSSR count). The number of hydrogen-bond acceptors (Lipinski definition) is 8. The third-order valence-electron chi connectivity index (χ3n) is 6.43. The van der Waals surface area contributed by atoms with Gasteiger partial charge in [-0.3, -0.25) is 14.6 Å². The molecule has 0 unspecified atom stereocenters. The van der Waals surface area contributed by atoms with E-state index in [1.807, 2.05) is 4.90 Å². The molecule has 0 atom stereocenters. The van der Waals surface area contributed by atoms with Crippen LogP contribution in [0.15, 0.2) is 45.6 Å². The van der Waals surface area contributed by atoms with Crippen molar-refractivity contribution in [2.45, 2.75) is 19.1 Å². The summed E-state index contributed by atoms with van der Waals surface area (Å²) in [4.78, 5) is 17.6. The second-order valence-electron chi connectivity index (χ2n) is 8.92. The highest BCUT2D eigenvalue weighted by Gasteiger charge is 2.41. The summed E-state index contributed by atoms with van der Waals surface area (Å²) < 4.78 is 69.3. The van der Waals surface area contributed by atoms with E-state index in [1.165, 1.54) is 25.3 Å². The monoisotopic (exact) mass is 520 g/mol. The van der Waals surface area contributed by atoms with E-state index >= 15 is 0 Å². The van der Waals surface area contributed by atoms with Crippen molar-refractivity contribution in [3.63, 3.8) is 0 Å². The van der Waals surface area contributed by atoms with Crippen molar-refractivity contribution in [2.24, 2.45) is 0 Å². The minimum Gasteiger partial charge on any atom is -0.497 e. The Balaban J connectivity index is 1.45. The summed E-state index contributed by atoms with van der Waals surface area (Å²) in [5, 5.41) is -0.0107. The van der Waals surface area contributed by atoms with Crippen molar-refractivity contribution in [2.75, 3.05) is 53.2 Å². The lowest BCUT2D eigenvalue weighted by Crippen LogP contribution is -2.39. The molecule has 0 bridgehead atoms. The van der Waals surface area contributed by atoms with Gasteiger partial charge >= 0.3 is 6.18 Å². The molecule has 198 valence electrons. The van der Waals surface area contributed by atoms with Gasteiger partial charge < -0.3 is 23.4 Å². The molecular formula is C26H27F3N2O6. The van der Waals surface area contributed by atoms with Crippen LogP contribution in [0.1, 0.15) is 17.7 Å². The minimum absolute atomic E-state index is 0.0107. The number of halogens is 3. The van der Waals surface area contributed by atoms with Crippen LogP contribution in [0.25, 0.3) is 11.0 Å². The highest BCUT2D eigenvalue weighted by atomic mass is 19.4. The lowest BCUT2D eigenvalue weighted by Gasteiger charge is -2.31. The molecule has 2 aliphatic rings. The fraction of sp³-hybridized carbons (Fsp3) is 0.423. The Morgan fingerprint density at radius 3 is 2.54 bits per heavy atom. The van der Waals surface area contributed by atoms with E-state index in [0.717, 1.165) is 39.3 Å². The summed E-state index contributed by atoms with van der Waals surface area (Å²) >= 11 is 0. The number of morpholine rings is 1. The first-order valence-corrected chi connectivity index (χ1v) is 12.0. The Kier molecular flexibility index (Phi) is 7.27. The zero-order valence-electron chi connectivity index (χ0n) is 20.3. The van der Waals surface area contributed by atoms with E-state index in [2.05, 4.69) is 4.90 Å². The molecule has 0 radical (unpaired) electrons. The van der Waals surface area contributed by atoms with Gasteiger partial charge in [0.25, 0.3) is 5.76 Å². The Labute approximate surface area is 211 Å². The Morgan fingerprint density at radius 2 is 1.78 bits per heavy atom. The second-order valence-corrected chi connectivity index (χ2v) is 8.92. The first-order chi connectivity index (χ1) is 17.8. The largest absolute Gasteiger partial charge is 0.497 e. The Morgan fingerprint density at radius 1 is 1.03 bits per heavy atom. The molecule has 1 aromatic heterocycles. The van der Waals surface area contributed by atoms with E-state index in [-0.39, 0.29) is 16.7 Å². The predicted octanol–water partition coefficient (Wildman–Crippen LogP) is 4.49. The number of hydrogen-bond donors (Lipinski definition) is 0.